The smallest absolute Gasteiger partial charge is 0.122 e. The van der Waals surface area contributed by atoms with E-state index in [0.717, 1.165) is 37.1 Å². The molecule has 1 aliphatic heterocycles. The topological polar surface area (TPSA) is 24.9 Å². The van der Waals surface area contributed by atoms with Crippen LogP contribution in [-0.2, 0) is 6.42 Å². The fourth-order valence-corrected chi connectivity index (χ4v) is 5.25. The van der Waals surface area contributed by atoms with Crippen LogP contribution in [0, 0.1) is 0 Å². The molecule has 2 aliphatic rings. The van der Waals surface area contributed by atoms with E-state index in [1.54, 1.807) is 14.2 Å². The molecule has 1 unspecified atom stereocenters. The monoisotopic (exact) mass is 444 g/mol. The number of hydrogen-bond acceptors (Lipinski definition) is 4. The van der Waals surface area contributed by atoms with Gasteiger partial charge in [0, 0.05) is 38.3 Å². The lowest BCUT2D eigenvalue weighted by Gasteiger charge is -2.43. The Hall–Kier alpha value is -1.75. The number of para-hydroxylation sites is 1. The highest BCUT2D eigenvalue weighted by molar-refractivity contribution is 5.85. The van der Waals surface area contributed by atoms with Gasteiger partial charge < -0.3 is 9.47 Å². The van der Waals surface area contributed by atoms with Gasteiger partial charge >= 0.3 is 0 Å². The third-order valence-corrected chi connectivity index (χ3v) is 6.97. The molecule has 1 aliphatic carbocycles. The van der Waals surface area contributed by atoms with Gasteiger partial charge in [0.2, 0.25) is 0 Å². The van der Waals surface area contributed by atoms with Crippen LogP contribution in [0.3, 0.4) is 0 Å². The molecule has 170 valence electrons. The van der Waals surface area contributed by atoms with Gasteiger partial charge in [0.15, 0.2) is 0 Å². The number of benzene rings is 2. The number of ether oxygens (including phenoxy) is 2. The van der Waals surface area contributed by atoms with Crippen molar-refractivity contribution in [1.29, 1.82) is 0 Å². The second-order valence-corrected chi connectivity index (χ2v) is 8.67. The summed E-state index contributed by atoms with van der Waals surface area (Å²) in [4.78, 5) is 5.42. The van der Waals surface area contributed by atoms with Crippen LogP contribution in [0.4, 0.5) is 0 Å². The van der Waals surface area contributed by atoms with Crippen molar-refractivity contribution in [1.82, 2.24) is 9.80 Å². The number of piperazine rings is 1. The fourth-order valence-electron chi connectivity index (χ4n) is 5.25. The molecule has 5 heteroatoms. The summed E-state index contributed by atoms with van der Waals surface area (Å²) in [6.07, 6.45) is 7.96. The molecule has 1 saturated heterocycles. The highest BCUT2D eigenvalue weighted by atomic mass is 35.5. The minimum absolute atomic E-state index is 0. The zero-order chi connectivity index (χ0) is 20.8. The molecule has 0 bridgehead atoms. The maximum Gasteiger partial charge on any atom is 0.122 e. The number of hydrogen-bond donors (Lipinski definition) is 0. The van der Waals surface area contributed by atoms with Crippen LogP contribution < -0.4 is 9.47 Å². The van der Waals surface area contributed by atoms with E-state index < -0.39 is 0 Å². The Kier molecular flexibility index (Phi) is 9.06. The van der Waals surface area contributed by atoms with Gasteiger partial charge in [-0.1, -0.05) is 49.6 Å². The Morgan fingerprint density at radius 2 is 1.61 bits per heavy atom. The van der Waals surface area contributed by atoms with Crippen molar-refractivity contribution in [2.24, 2.45) is 0 Å². The first-order chi connectivity index (χ1) is 14.8. The van der Waals surface area contributed by atoms with Crippen LogP contribution in [0.15, 0.2) is 48.5 Å². The maximum atomic E-state index is 5.66. The van der Waals surface area contributed by atoms with Gasteiger partial charge in [-0.15, -0.1) is 12.4 Å². The van der Waals surface area contributed by atoms with Crippen molar-refractivity contribution in [3.05, 3.63) is 59.7 Å². The van der Waals surface area contributed by atoms with E-state index in [0.29, 0.717) is 6.04 Å². The summed E-state index contributed by atoms with van der Waals surface area (Å²) in [5.41, 5.74) is 2.59. The lowest BCUT2D eigenvalue weighted by Crippen LogP contribution is -2.51. The van der Waals surface area contributed by atoms with E-state index >= 15 is 0 Å². The second-order valence-electron chi connectivity index (χ2n) is 8.67. The number of halogens is 1. The highest BCUT2D eigenvalue weighted by Crippen LogP contribution is 2.32. The van der Waals surface area contributed by atoms with Crippen molar-refractivity contribution in [2.45, 2.75) is 50.6 Å². The molecule has 1 atom stereocenters. The summed E-state index contributed by atoms with van der Waals surface area (Å²) >= 11 is 0. The Morgan fingerprint density at radius 1 is 0.871 bits per heavy atom. The Morgan fingerprint density at radius 3 is 2.32 bits per heavy atom. The SMILES string of the molecule is COc1cccc(C(Cc2ccccc2OC)N2CCN(C3CCCCC3)CC2)c1.Cl. The third kappa shape index (κ3) is 5.94. The molecule has 0 spiro atoms. The standard InChI is InChI=1S/C26H36N2O2.ClH/c1-29-24-13-8-10-21(19-24)25(20-22-9-6-7-14-26(22)30-2)28-17-15-27(16-18-28)23-11-4-3-5-12-23;/h6-10,13-14,19,23,25H,3-5,11-12,15-18,20H2,1-2H3;1H. The molecule has 0 amide bonds. The molecule has 2 fully saturated rings. The van der Waals surface area contributed by atoms with Gasteiger partial charge in [-0.2, -0.15) is 0 Å². The van der Waals surface area contributed by atoms with Crippen LogP contribution in [0.5, 0.6) is 11.5 Å². The molecule has 1 heterocycles. The number of nitrogens with zero attached hydrogens (tertiary/aromatic N) is 2. The molecule has 1 saturated carbocycles. The summed E-state index contributed by atoms with van der Waals surface area (Å²) in [7, 11) is 3.51. The second kappa shape index (κ2) is 11.8. The quantitative estimate of drug-likeness (QED) is 0.574. The van der Waals surface area contributed by atoms with E-state index in [1.807, 2.05) is 12.1 Å². The Balaban J connectivity index is 0.00000272. The van der Waals surface area contributed by atoms with Crippen molar-refractivity contribution >= 4 is 12.4 Å². The van der Waals surface area contributed by atoms with Crippen LogP contribution in [0.2, 0.25) is 0 Å². The van der Waals surface area contributed by atoms with E-state index in [1.165, 1.54) is 56.3 Å². The summed E-state index contributed by atoms with van der Waals surface area (Å²) in [6, 6.07) is 18.2. The van der Waals surface area contributed by atoms with E-state index in [9.17, 15) is 0 Å². The average molecular weight is 445 g/mol. The Labute approximate surface area is 193 Å². The van der Waals surface area contributed by atoms with Gasteiger partial charge in [-0.05, 0) is 48.6 Å². The number of methoxy groups -OCH3 is 2. The largest absolute Gasteiger partial charge is 0.497 e. The summed E-state index contributed by atoms with van der Waals surface area (Å²) in [5, 5.41) is 0. The first kappa shape index (κ1) is 23.9. The minimum Gasteiger partial charge on any atom is -0.497 e. The Bertz CT molecular complexity index is 801. The summed E-state index contributed by atoms with van der Waals surface area (Å²) < 4.78 is 11.2. The van der Waals surface area contributed by atoms with Crippen LogP contribution >= 0.6 is 12.4 Å². The zero-order valence-corrected chi connectivity index (χ0v) is 19.8. The van der Waals surface area contributed by atoms with E-state index in [4.69, 9.17) is 9.47 Å². The highest BCUT2D eigenvalue weighted by Gasteiger charge is 2.29. The number of rotatable bonds is 7. The first-order valence-corrected chi connectivity index (χ1v) is 11.5. The predicted octanol–water partition coefficient (Wildman–Crippen LogP) is 5.36. The molecule has 0 aromatic heterocycles. The molecular weight excluding hydrogens is 408 g/mol. The van der Waals surface area contributed by atoms with Crippen LogP contribution in [0.25, 0.3) is 0 Å². The molecule has 31 heavy (non-hydrogen) atoms. The van der Waals surface area contributed by atoms with Crippen molar-refractivity contribution in [3.63, 3.8) is 0 Å². The molecule has 0 N–H and O–H groups in total. The molecule has 2 aromatic carbocycles. The van der Waals surface area contributed by atoms with E-state index in [2.05, 4.69) is 46.2 Å². The minimum atomic E-state index is 0. The van der Waals surface area contributed by atoms with Gasteiger partial charge in [0.1, 0.15) is 11.5 Å². The normalized spacial score (nSPS) is 19.4. The predicted molar refractivity (Wildman–Crippen MR) is 130 cm³/mol. The van der Waals surface area contributed by atoms with Crippen LogP contribution in [-0.4, -0.2) is 56.2 Å². The average Bonchev–Trinajstić information content (AvgIpc) is 2.83. The van der Waals surface area contributed by atoms with E-state index in [-0.39, 0.29) is 12.4 Å². The third-order valence-electron chi connectivity index (χ3n) is 6.97. The van der Waals surface area contributed by atoms with Gasteiger partial charge in [-0.25, -0.2) is 0 Å². The van der Waals surface area contributed by atoms with Crippen molar-refractivity contribution in [3.8, 4) is 11.5 Å². The molecular formula is C26H37ClN2O2. The van der Waals surface area contributed by atoms with Crippen molar-refractivity contribution in [2.75, 3.05) is 40.4 Å². The molecule has 2 aromatic rings. The van der Waals surface area contributed by atoms with Gasteiger partial charge in [0.05, 0.1) is 14.2 Å². The molecule has 0 radical (unpaired) electrons. The first-order valence-electron chi connectivity index (χ1n) is 11.5. The lowest BCUT2D eigenvalue weighted by atomic mass is 9.93. The van der Waals surface area contributed by atoms with Gasteiger partial charge in [-0.3, -0.25) is 9.80 Å². The fraction of sp³-hybridized carbons (Fsp3) is 0.538. The van der Waals surface area contributed by atoms with Crippen molar-refractivity contribution < 1.29 is 9.47 Å². The zero-order valence-electron chi connectivity index (χ0n) is 19.0. The van der Waals surface area contributed by atoms with Crippen LogP contribution in [0.1, 0.15) is 49.3 Å². The maximum absolute atomic E-state index is 5.66. The lowest BCUT2D eigenvalue weighted by molar-refractivity contribution is 0.0558. The summed E-state index contributed by atoms with van der Waals surface area (Å²) in [5.74, 6) is 1.91. The van der Waals surface area contributed by atoms with Gasteiger partial charge in [0.25, 0.3) is 0 Å². The molecule has 4 rings (SSSR count). The molecule has 4 nitrogen and oxygen atoms in total. The summed E-state index contributed by atoms with van der Waals surface area (Å²) in [6.45, 7) is 4.59.